The first kappa shape index (κ1) is 17.6. The van der Waals surface area contributed by atoms with E-state index in [1.54, 1.807) is 4.90 Å². The standard InChI is InChI=1S/C15H14F3N3O3S/c16-15(17,18)24-10-4-2-9(3-5-10)20-12(22)8-11-13(23)21-7-1-6-19-14(21)25-11/h2-5,11H,1,6-8H2,(H,20,22). The van der Waals surface area contributed by atoms with E-state index in [0.717, 1.165) is 18.6 Å². The summed E-state index contributed by atoms with van der Waals surface area (Å²) in [4.78, 5) is 30.2. The SMILES string of the molecule is O=C(CC1SC2=NCCCN2C1=O)Nc1ccc(OC(F)(F)F)cc1. The van der Waals surface area contributed by atoms with Crippen molar-refractivity contribution >= 4 is 34.4 Å². The molecule has 3 rings (SSSR count). The smallest absolute Gasteiger partial charge is 0.406 e. The summed E-state index contributed by atoms with van der Waals surface area (Å²) in [6.45, 7) is 1.29. The lowest BCUT2D eigenvalue weighted by Gasteiger charge is -2.19. The topological polar surface area (TPSA) is 71.0 Å². The molecule has 1 fully saturated rings. The van der Waals surface area contributed by atoms with Gasteiger partial charge in [0.15, 0.2) is 5.17 Å². The van der Waals surface area contributed by atoms with E-state index in [1.807, 2.05) is 0 Å². The predicted octanol–water partition coefficient (Wildman–Crippen LogP) is 2.62. The van der Waals surface area contributed by atoms with Crippen molar-refractivity contribution in [2.45, 2.75) is 24.5 Å². The second-order valence-corrected chi connectivity index (χ2v) is 6.61. The van der Waals surface area contributed by atoms with Crippen LogP contribution in [-0.4, -0.2) is 46.6 Å². The summed E-state index contributed by atoms with van der Waals surface area (Å²) in [6.07, 6.45) is -3.99. The Morgan fingerprint density at radius 1 is 1.36 bits per heavy atom. The number of amidine groups is 1. The van der Waals surface area contributed by atoms with Crippen LogP contribution in [0.15, 0.2) is 29.3 Å². The first-order valence-electron chi connectivity index (χ1n) is 7.50. The zero-order valence-corrected chi connectivity index (χ0v) is 13.7. The summed E-state index contributed by atoms with van der Waals surface area (Å²) in [5, 5.41) is 2.69. The Kier molecular flexibility index (Phi) is 4.89. The Morgan fingerprint density at radius 2 is 2.08 bits per heavy atom. The van der Waals surface area contributed by atoms with Crippen LogP contribution in [0.5, 0.6) is 5.75 Å². The summed E-state index contributed by atoms with van der Waals surface area (Å²) in [5.41, 5.74) is 0.324. The maximum Gasteiger partial charge on any atom is 0.573 e. The molecule has 1 N–H and O–H groups in total. The van der Waals surface area contributed by atoms with E-state index in [9.17, 15) is 22.8 Å². The highest BCUT2D eigenvalue weighted by atomic mass is 32.2. The number of anilines is 1. The summed E-state index contributed by atoms with van der Waals surface area (Å²) in [7, 11) is 0. The van der Waals surface area contributed by atoms with Gasteiger partial charge in [-0.25, -0.2) is 0 Å². The zero-order chi connectivity index (χ0) is 18.0. The lowest BCUT2D eigenvalue weighted by Crippen LogP contribution is -2.36. The van der Waals surface area contributed by atoms with Crippen LogP contribution in [0.2, 0.25) is 0 Å². The molecule has 2 aliphatic rings. The Morgan fingerprint density at radius 3 is 2.72 bits per heavy atom. The van der Waals surface area contributed by atoms with Gasteiger partial charge in [0.2, 0.25) is 11.8 Å². The number of hydrogen-bond donors (Lipinski definition) is 1. The van der Waals surface area contributed by atoms with Crippen LogP contribution < -0.4 is 10.1 Å². The Bertz CT molecular complexity index is 706. The van der Waals surface area contributed by atoms with Gasteiger partial charge in [0.05, 0.1) is 0 Å². The Labute approximate surface area is 145 Å². The normalized spacial score (nSPS) is 20.1. The van der Waals surface area contributed by atoms with Crippen molar-refractivity contribution in [3.63, 3.8) is 0 Å². The van der Waals surface area contributed by atoms with Crippen LogP contribution in [0.25, 0.3) is 0 Å². The fourth-order valence-electron chi connectivity index (χ4n) is 2.49. The molecule has 1 atom stereocenters. The van der Waals surface area contributed by atoms with Crippen LogP contribution in [0.4, 0.5) is 18.9 Å². The number of nitrogens with zero attached hydrogens (tertiary/aromatic N) is 2. The number of fused-ring (bicyclic) bond motifs is 1. The Balaban J connectivity index is 1.55. The van der Waals surface area contributed by atoms with Crippen LogP contribution >= 0.6 is 11.8 Å². The van der Waals surface area contributed by atoms with Crippen molar-refractivity contribution in [2.75, 3.05) is 18.4 Å². The number of carbonyl (C=O) groups is 2. The van der Waals surface area contributed by atoms with Crippen LogP contribution in [0.3, 0.4) is 0 Å². The summed E-state index contributed by atoms with van der Waals surface area (Å²) < 4.78 is 40.1. The van der Waals surface area contributed by atoms with E-state index in [0.29, 0.717) is 23.9 Å². The minimum Gasteiger partial charge on any atom is -0.406 e. The van der Waals surface area contributed by atoms with E-state index in [1.165, 1.54) is 23.9 Å². The first-order valence-corrected chi connectivity index (χ1v) is 8.38. The highest BCUT2D eigenvalue weighted by molar-refractivity contribution is 8.15. The van der Waals surface area contributed by atoms with Gasteiger partial charge < -0.3 is 10.1 Å². The summed E-state index contributed by atoms with van der Waals surface area (Å²) in [6, 6.07) is 4.81. The molecule has 0 saturated carbocycles. The minimum atomic E-state index is -4.76. The van der Waals surface area contributed by atoms with Gasteiger partial charge in [0.25, 0.3) is 0 Å². The number of amides is 2. The molecule has 0 bridgehead atoms. The third kappa shape index (κ3) is 4.44. The molecule has 2 heterocycles. The van der Waals surface area contributed by atoms with E-state index < -0.39 is 17.5 Å². The van der Waals surface area contributed by atoms with Crippen LogP contribution in [0, 0.1) is 0 Å². The molecule has 1 aromatic carbocycles. The number of hydrogen-bond acceptors (Lipinski definition) is 5. The van der Waals surface area contributed by atoms with Gasteiger partial charge in [0, 0.05) is 25.2 Å². The predicted molar refractivity (Wildman–Crippen MR) is 86.4 cm³/mol. The highest BCUT2D eigenvalue weighted by Gasteiger charge is 2.39. The molecule has 2 amide bonds. The van der Waals surface area contributed by atoms with Gasteiger partial charge in [-0.15, -0.1) is 13.2 Å². The van der Waals surface area contributed by atoms with E-state index in [-0.39, 0.29) is 18.1 Å². The van der Waals surface area contributed by atoms with Crippen molar-refractivity contribution < 1.29 is 27.5 Å². The molecule has 0 spiro atoms. The molecule has 2 aliphatic heterocycles. The van der Waals surface area contributed by atoms with Gasteiger partial charge in [-0.05, 0) is 30.7 Å². The molecule has 0 aromatic heterocycles. The molecule has 1 unspecified atom stereocenters. The quantitative estimate of drug-likeness (QED) is 0.881. The molecule has 6 nitrogen and oxygen atoms in total. The fourth-order valence-corrected chi connectivity index (χ4v) is 3.68. The van der Waals surface area contributed by atoms with Crippen molar-refractivity contribution in [3.05, 3.63) is 24.3 Å². The molecular formula is C15H14F3N3O3S. The lowest BCUT2D eigenvalue weighted by atomic mass is 10.2. The Hall–Kier alpha value is -2.23. The number of halogens is 3. The van der Waals surface area contributed by atoms with E-state index >= 15 is 0 Å². The molecule has 1 saturated heterocycles. The largest absolute Gasteiger partial charge is 0.573 e. The van der Waals surface area contributed by atoms with Crippen LogP contribution in [-0.2, 0) is 9.59 Å². The number of carbonyl (C=O) groups excluding carboxylic acids is 2. The van der Waals surface area contributed by atoms with Crippen molar-refractivity contribution in [2.24, 2.45) is 4.99 Å². The first-order chi connectivity index (χ1) is 11.8. The number of alkyl halides is 3. The molecule has 134 valence electrons. The number of rotatable bonds is 4. The number of benzene rings is 1. The minimum absolute atomic E-state index is 0.0280. The van der Waals surface area contributed by atoms with Crippen molar-refractivity contribution in [3.8, 4) is 5.75 Å². The van der Waals surface area contributed by atoms with E-state index in [2.05, 4.69) is 15.0 Å². The third-order valence-electron chi connectivity index (χ3n) is 3.55. The van der Waals surface area contributed by atoms with Crippen molar-refractivity contribution in [1.82, 2.24) is 4.90 Å². The lowest BCUT2D eigenvalue weighted by molar-refractivity contribution is -0.274. The van der Waals surface area contributed by atoms with Gasteiger partial charge >= 0.3 is 6.36 Å². The maximum atomic E-state index is 12.2. The third-order valence-corrected chi connectivity index (χ3v) is 4.76. The maximum absolute atomic E-state index is 12.2. The molecule has 10 heteroatoms. The molecule has 0 aliphatic carbocycles. The number of thioether (sulfide) groups is 1. The number of nitrogens with one attached hydrogen (secondary N) is 1. The molecular weight excluding hydrogens is 359 g/mol. The molecule has 0 radical (unpaired) electrons. The molecule has 25 heavy (non-hydrogen) atoms. The zero-order valence-electron chi connectivity index (χ0n) is 12.9. The number of ether oxygens (including phenoxy) is 1. The molecule has 1 aromatic rings. The summed E-state index contributed by atoms with van der Waals surface area (Å²) in [5.74, 6) is -0.898. The monoisotopic (exact) mass is 373 g/mol. The average molecular weight is 373 g/mol. The average Bonchev–Trinajstić information content (AvgIpc) is 2.84. The van der Waals surface area contributed by atoms with Gasteiger partial charge in [-0.3, -0.25) is 19.5 Å². The second kappa shape index (κ2) is 6.95. The highest BCUT2D eigenvalue weighted by Crippen LogP contribution is 2.31. The van der Waals surface area contributed by atoms with Gasteiger partial charge in [-0.1, -0.05) is 11.8 Å². The van der Waals surface area contributed by atoms with Gasteiger partial charge in [0.1, 0.15) is 11.0 Å². The number of aliphatic imine (C=N–C) groups is 1. The van der Waals surface area contributed by atoms with Crippen molar-refractivity contribution in [1.29, 1.82) is 0 Å². The van der Waals surface area contributed by atoms with Gasteiger partial charge in [-0.2, -0.15) is 0 Å². The van der Waals surface area contributed by atoms with E-state index in [4.69, 9.17) is 0 Å². The fraction of sp³-hybridized carbons (Fsp3) is 0.400. The summed E-state index contributed by atoms with van der Waals surface area (Å²) >= 11 is 1.27. The van der Waals surface area contributed by atoms with Crippen LogP contribution in [0.1, 0.15) is 12.8 Å². The second-order valence-electron chi connectivity index (χ2n) is 5.44.